The van der Waals surface area contributed by atoms with Crippen molar-refractivity contribution in [3.05, 3.63) is 36.5 Å². The summed E-state index contributed by atoms with van der Waals surface area (Å²) in [6, 6.07) is 0. The van der Waals surface area contributed by atoms with Crippen LogP contribution in [0.25, 0.3) is 0 Å². The van der Waals surface area contributed by atoms with Crippen LogP contribution in [0, 0.1) is 17.8 Å². The van der Waals surface area contributed by atoms with Gasteiger partial charge < -0.3 is 4.74 Å². The Morgan fingerprint density at radius 3 is 3.00 bits per heavy atom. The molecule has 2 aliphatic carbocycles. The third kappa shape index (κ3) is 1.27. The van der Waals surface area contributed by atoms with Gasteiger partial charge in [0.15, 0.2) is 0 Å². The second-order valence-corrected chi connectivity index (χ2v) is 4.48. The molecule has 4 unspecified atom stereocenters. The molecule has 0 saturated carbocycles. The second kappa shape index (κ2) is 3.39. The van der Waals surface area contributed by atoms with E-state index in [1.165, 1.54) is 12.8 Å². The largest absolute Gasteiger partial charge is 0.373 e. The molecule has 0 aromatic heterocycles. The molecule has 0 N–H and O–H groups in total. The molecule has 1 heteroatoms. The van der Waals surface area contributed by atoms with Gasteiger partial charge in [-0.1, -0.05) is 36.5 Å². The maximum atomic E-state index is 5.88. The number of fused-ring (bicyclic) bond motifs is 3. The van der Waals surface area contributed by atoms with Crippen molar-refractivity contribution in [1.82, 2.24) is 0 Å². The molecule has 3 rings (SSSR count). The van der Waals surface area contributed by atoms with Crippen LogP contribution in [0.3, 0.4) is 0 Å². The van der Waals surface area contributed by atoms with Crippen molar-refractivity contribution in [2.75, 3.05) is 6.61 Å². The van der Waals surface area contributed by atoms with Gasteiger partial charge in [-0.15, -0.1) is 0 Å². The van der Waals surface area contributed by atoms with Gasteiger partial charge in [-0.25, -0.2) is 0 Å². The minimum absolute atomic E-state index is 0.390. The molecular formula is C13H16O. The molecule has 0 aromatic rings. The van der Waals surface area contributed by atoms with Gasteiger partial charge in [0, 0.05) is 5.92 Å². The summed E-state index contributed by atoms with van der Waals surface area (Å²) in [4.78, 5) is 0. The van der Waals surface area contributed by atoms with Crippen LogP contribution in [0.1, 0.15) is 12.8 Å². The van der Waals surface area contributed by atoms with Crippen LogP contribution < -0.4 is 0 Å². The van der Waals surface area contributed by atoms with E-state index in [0.717, 1.165) is 18.4 Å². The lowest BCUT2D eigenvalue weighted by atomic mass is 9.71. The zero-order chi connectivity index (χ0) is 9.38. The molecule has 1 nitrogen and oxygen atoms in total. The number of hydrogen-bond donors (Lipinski definition) is 0. The lowest BCUT2D eigenvalue weighted by Crippen LogP contribution is -2.41. The van der Waals surface area contributed by atoms with Gasteiger partial charge in [0.25, 0.3) is 0 Å². The zero-order valence-corrected chi connectivity index (χ0v) is 8.30. The summed E-state index contributed by atoms with van der Waals surface area (Å²) in [7, 11) is 0. The first-order chi connectivity index (χ1) is 6.95. The van der Waals surface area contributed by atoms with Crippen LogP contribution in [0.5, 0.6) is 0 Å². The fourth-order valence-electron chi connectivity index (χ4n) is 2.94. The van der Waals surface area contributed by atoms with E-state index in [-0.39, 0.29) is 0 Å². The highest BCUT2D eigenvalue weighted by Crippen LogP contribution is 2.40. The van der Waals surface area contributed by atoms with Crippen molar-refractivity contribution in [2.45, 2.75) is 18.9 Å². The van der Waals surface area contributed by atoms with Gasteiger partial charge >= 0.3 is 0 Å². The SMILES string of the molecule is C1=CC2COC3C=CCCC3C2C=C1. The Bertz CT molecular complexity index is 300. The van der Waals surface area contributed by atoms with Crippen molar-refractivity contribution in [3.63, 3.8) is 0 Å². The van der Waals surface area contributed by atoms with Crippen LogP contribution in [-0.2, 0) is 4.74 Å². The van der Waals surface area contributed by atoms with Crippen molar-refractivity contribution in [3.8, 4) is 0 Å². The van der Waals surface area contributed by atoms with Crippen LogP contribution in [-0.4, -0.2) is 12.7 Å². The molecule has 1 aliphatic heterocycles. The van der Waals surface area contributed by atoms with E-state index in [1.807, 2.05) is 0 Å². The fraction of sp³-hybridized carbons (Fsp3) is 0.538. The topological polar surface area (TPSA) is 9.23 Å². The first-order valence-electron chi connectivity index (χ1n) is 5.58. The molecule has 0 aromatic carbocycles. The number of ether oxygens (including phenoxy) is 1. The Morgan fingerprint density at radius 1 is 1.07 bits per heavy atom. The van der Waals surface area contributed by atoms with Crippen molar-refractivity contribution in [1.29, 1.82) is 0 Å². The molecule has 1 heterocycles. The normalized spacial score (nSPS) is 44.6. The summed E-state index contributed by atoms with van der Waals surface area (Å²) in [5.41, 5.74) is 0. The van der Waals surface area contributed by atoms with Gasteiger partial charge in [0.2, 0.25) is 0 Å². The molecule has 1 saturated heterocycles. The lowest BCUT2D eigenvalue weighted by molar-refractivity contribution is -0.0476. The Balaban J connectivity index is 1.87. The molecule has 1 fully saturated rings. The quantitative estimate of drug-likeness (QED) is 0.531. The van der Waals surface area contributed by atoms with Crippen molar-refractivity contribution < 1.29 is 4.74 Å². The minimum Gasteiger partial charge on any atom is -0.373 e. The molecule has 14 heavy (non-hydrogen) atoms. The van der Waals surface area contributed by atoms with E-state index >= 15 is 0 Å². The highest BCUT2D eigenvalue weighted by atomic mass is 16.5. The Morgan fingerprint density at radius 2 is 2.00 bits per heavy atom. The highest BCUT2D eigenvalue weighted by molar-refractivity contribution is 5.19. The first kappa shape index (κ1) is 8.49. The molecule has 4 atom stereocenters. The summed E-state index contributed by atoms with van der Waals surface area (Å²) in [6.45, 7) is 0.900. The van der Waals surface area contributed by atoms with Gasteiger partial charge in [0.05, 0.1) is 12.7 Å². The van der Waals surface area contributed by atoms with Gasteiger partial charge in [0.1, 0.15) is 0 Å². The third-order valence-electron chi connectivity index (χ3n) is 3.69. The van der Waals surface area contributed by atoms with Gasteiger partial charge in [-0.2, -0.15) is 0 Å². The maximum absolute atomic E-state index is 5.88. The Kier molecular flexibility index (Phi) is 2.06. The third-order valence-corrected chi connectivity index (χ3v) is 3.69. The number of allylic oxidation sites excluding steroid dienone is 4. The van der Waals surface area contributed by atoms with Crippen LogP contribution in [0.15, 0.2) is 36.5 Å². The number of hydrogen-bond acceptors (Lipinski definition) is 1. The van der Waals surface area contributed by atoms with Crippen molar-refractivity contribution in [2.24, 2.45) is 17.8 Å². The molecule has 0 bridgehead atoms. The predicted molar refractivity (Wildman–Crippen MR) is 56.9 cm³/mol. The number of rotatable bonds is 0. The Hall–Kier alpha value is -0.820. The van der Waals surface area contributed by atoms with Crippen LogP contribution in [0.2, 0.25) is 0 Å². The molecule has 0 amide bonds. The van der Waals surface area contributed by atoms with E-state index < -0.39 is 0 Å². The average Bonchev–Trinajstić information content (AvgIpc) is 2.29. The summed E-state index contributed by atoms with van der Waals surface area (Å²) in [5.74, 6) is 2.08. The smallest absolute Gasteiger partial charge is 0.0790 e. The van der Waals surface area contributed by atoms with E-state index in [2.05, 4.69) is 36.5 Å². The monoisotopic (exact) mass is 188 g/mol. The van der Waals surface area contributed by atoms with Crippen molar-refractivity contribution >= 4 is 0 Å². The van der Waals surface area contributed by atoms with E-state index in [1.54, 1.807) is 0 Å². The fourth-order valence-corrected chi connectivity index (χ4v) is 2.94. The zero-order valence-electron chi connectivity index (χ0n) is 8.30. The summed E-state index contributed by atoms with van der Waals surface area (Å²) < 4.78 is 5.88. The molecule has 74 valence electrons. The second-order valence-electron chi connectivity index (χ2n) is 4.48. The molecular weight excluding hydrogens is 172 g/mol. The molecule has 0 radical (unpaired) electrons. The summed E-state index contributed by atoms with van der Waals surface area (Å²) in [5, 5.41) is 0. The first-order valence-corrected chi connectivity index (χ1v) is 5.58. The standard InChI is InChI=1S/C13H16O/c1-2-6-11-10(5-1)9-14-13-8-4-3-7-12(11)13/h1-2,4-6,8,10-13H,3,7,9H2. The van der Waals surface area contributed by atoms with Crippen LogP contribution in [0.4, 0.5) is 0 Å². The predicted octanol–water partition coefficient (Wildman–Crippen LogP) is 2.71. The molecule has 3 aliphatic rings. The van der Waals surface area contributed by atoms with E-state index in [4.69, 9.17) is 4.74 Å². The van der Waals surface area contributed by atoms with E-state index in [9.17, 15) is 0 Å². The average molecular weight is 188 g/mol. The summed E-state index contributed by atoms with van der Waals surface area (Å²) >= 11 is 0. The van der Waals surface area contributed by atoms with Gasteiger partial charge in [-0.3, -0.25) is 0 Å². The summed E-state index contributed by atoms with van der Waals surface area (Å²) in [6.07, 6.45) is 16.5. The minimum atomic E-state index is 0.390. The highest BCUT2D eigenvalue weighted by Gasteiger charge is 2.37. The van der Waals surface area contributed by atoms with Gasteiger partial charge in [-0.05, 0) is 24.7 Å². The Labute approximate surface area is 85.1 Å². The molecule has 0 spiro atoms. The van der Waals surface area contributed by atoms with Crippen LogP contribution >= 0.6 is 0 Å². The lowest BCUT2D eigenvalue weighted by Gasteiger charge is -2.42. The maximum Gasteiger partial charge on any atom is 0.0790 e. The van der Waals surface area contributed by atoms with E-state index in [0.29, 0.717) is 12.0 Å².